The zero-order valence-corrected chi connectivity index (χ0v) is 12.2. The normalized spacial score (nSPS) is 14.7. The first-order valence-electron chi connectivity index (χ1n) is 6.15. The Labute approximate surface area is 118 Å². The molecule has 2 N–H and O–H groups in total. The lowest BCUT2D eigenvalue weighted by Crippen LogP contribution is -2.50. The summed E-state index contributed by atoms with van der Waals surface area (Å²) in [6, 6.07) is 0. The van der Waals surface area contributed by atoms with E-state index in [1.807, 2.05) is 6.92 Å². The summed E-state index contributed by atoms with van der Waals surface area (Å²) >= 11 is 1.72. The van der Waals surface area contributed by atoms with Gasteiger partial charge in [0.25, 0.3) is 0 Å². The van der Waals surface area contributed by atoms with Gasteiger partial charge in [0, 0.05) is 30.7 Å². The lowest BCUT2D eigenvalue weighted by Gasteiger charge is -2.25. The monoisotopic (exact) mass is 289 g/mol. The van der Waals surface area contributed by atoms with Crippen LogP contribution in [0.3, 0.4) is 0 Å². The molecule has 0 unspecified atom stereocenters. The molecular weight excluding hydrogens is 270 g/mol. The maximum absolute atomic E-state index is 11.5. The molecule has 0 radical (unpaired) electrons. The second-order valence-corrected chi connectivity index (χ2v) is 5.43. The predicted octanol–water partition coefficient (Wildman–Crippen LogP) is 1.53. The fraction of sp³-hybridized carbons (Fsp3) is 0.667. The number of carbonyl (C=O) groups excluding carboxylic acids is 1. The van der Waals surface area contributed by atoms with Crippen molar-refractivity contribution >= 4 is 29.7 Å². The van der Waals surface area contributed by atoms with E-state index in [9.17, 15) is 4.79 Å². The number of aromatic nitrogens is 1. The van der Waals surface area contributed by atoms with Gasteiger partial charge in [-0.2, -0.15) is 0 Å². The molecule has 0 aromatic carbocycles. The smallest absolute Gasteiger partial charge is 0.225 e. The highest BCUT2D eigenvalue weighted by atomic mass is 35.5. The first kappa shape index (κ1) is 15.4. The van der Waals surface area contributed by atoms with Gasteiger partial charge in [-0.15, -0.1) is 23.7 Å². The summed E-state index contributed by atoms with van der Waals surface area (Å²) in [6.07, 6.45) is 3.15. The largest absolute Gasteiger partial charge is 0.356 e. The van der Waals surface area contributed by atoms with Crippen molar-refractivity contribution in [1.82, 2.24) is 15.6 Å². The lowest BCUT2D eigenvalue weighted by molar-refractivity contribution is -0.126. The molecular formula is C12H20ClN3OS. The Bertz CT molecular complexity index is 379. The number of amides is 1. The van der Waals surface area contributed by atoms with E-state index < -0.39 is 0 Å². The molecule has 102 valence electrons. The van der Waals surface area contributed by atoms with Gasteiger partial charge in [0.15, 0.2) is 0 Å². The van der Waals surface area contributed by atoms with Gasteiger partial charge in [0.2, 0.25) is 5.91 Å². The molecule has 6 heteroatoms. The Hall–Kier alpha value is -0.650. The molecule has 2 rings (SSSR count). The quantitative estimate of drug-likeness (QED) is 0.781. The van der Waals surface area contributed by atoms with Crippen LogP contribution >= 0.6 is 23.7 Å². The van der Waals surface area contributed by atoms with E-state index >= 15 is 0 Å². The molecule has 0 atom stereocenters. The summed E-state index contributed by atoms with van der Waals surface area (Å²) in [4.78, 5) is 15.9. The molecule has 1 amide bonds. The molecule has 1 fully saturated rings. The highest BCUT2D eigenvalue weighted by Crippen LogP contribution is 2.11. The number of carbonyl (C=O) groups is 1. The van der Waals surface area contributed by atoms with Gasteiger partial charge in [-0.1, -0.05) is 0 Å². The topological polar surface area (TPSA) is 54.0 Å². The summed E-state index contributed by atoms with van der Waals surface area (Å²) in [6.45, 7) is 4.49. The van der Waals surface area contributed by atoms with Crippen molar-refractivity contribution < 1.29 is 4.79 Å². The van der Waals surface area contributed by atoms with Gasteiger partial charge in [-0.25, -0.2) is 4.98 Å². The van der Waals surface area contributed by atoms with Crippen LogP contribution in [-0.2, 0) is 11.2 Å². The molecule has 1 aromatic rings. The van der Waals surface area contributed by atoms with Gasteiger partial charge >= 0.3 is 0 Å². The maximum atomic E-state index is 11.5. The fourth-order valence-corrected chi connectivity index (χ4v) is 2.57. The summed E-state index contributed by atoms with van der Waals surface area (Å²) in [7, 11) is 0. The van der Waals surface area contributed by atoms with Crippen molar-refractivity contribution in [3.63, 3.8) is 0 Å². The number of hydrogen-bond acceptors (Lipinski definition) is 4. The van der Waals surface area contributed by atoms with Crippen molar-refractivity contribution in [2.45, 2.75) is 26.2 Å². The van der Waals surface area contributed by atoms with Crippen LogP contribution in [0.25, 0.3) is 0 Å². The second kappa shape index (κ2) is 7.71. The maximum Gasteiger partial charge on any atom is 0.225 e. The molecule has 1 aliphatic heterocycles. The van der Waals surface area contributed by atoms with Crippen molar-refractivity contribution in [2.75, 3.05) is 19.6 Å². The number of thiazole rings is 1. The van der Waals surface area contributed by atoms with Crippen molar-refractivity contribution in [3.05, 3.63) is 16.1 Å². The summed E-state index contributed by atoms with van der Waals surface area (Å²) in [5.74, 6) is 0.408. The third-order valence-electron chi connectivity index (χ3n) is 2.94. The van der Waals surface area contributed by atoms with Crippen LogP contribution in [0.1, 0.15) is 23.5 Å². The van der Waals surface area contributed by atoms with Crippen LogP contribution in [0.4, 0.5) is 0 Å². The molecule has 2 heterocycles. The van der Waals surface area contributed by atoms with Gasteiger partial charge in [0.1, 0.15) is 0 Å². The molecule has 0 spiro atoms. The molecule has 0 saturated carbocycles. The van der Waals surface area contributed by atoms with E-state index in [4.69, 9.17) is 0 Å². The molecule has 1 aliphatic rings. The van der Waals surface area contributed by atoms with Gasteiger partial charge in [0.05, 0.1) is 10.9 Å². The zero-order chi connectivity index (χ0) is 12.1. The molecule has 1 saturated heterocycles. The standard InChI is InChI=1S/C12H19N3OS.ClH/c1-9-8-17-11(15-9)4-2-3-5-14-12(16)10-6-13-7-10;/h8,10,13H,2-7H2,1H3,(H,14,16);1H. The number of unbranched alkanes of at least 4 members (excludes halogenated alkanes) is 1. The average Bonchev–Trinajstić information content (AvgIpc) is 2.61. The summed E-state index contributed by atoms with van der Waals surface area (Å²) < 4.78 is 0. The summed E-state index contributed by atoms with van der Waals surface area (Å²) in [5.41, 5.74) is 1.11. The van der Waals surface area contributed by atoms with Crippen LogP contribution in [-0.4, -0.2) is 30.5 Å². The molecule has 18 heavy (non-hydrogen) atoms. The fourth-order valence-electron chi connectivity index (χ4n) is 1.75. The van der Waals surface area contributed by atoms with Gasteiger partial charge in [-0.3, -0.25) is 4.79 Å². The van der Waals surface area contributed by atoms with Crippen LogP contribution in [0.15, 0.2) is 5.38 Å². The predicted molar refractivity (Wildman–Crippen MR) is 76.4 cm³/mol. The Morgan fingerprint density at radius 2 is 2.33 bits per heavy atom. The third-order valence-corrected chi connectivity index (χ3v) is 3.96. The zero-order valence-electron chi connectivity index (χ0n) is 10.6. The van der Waals surface area contributed by atoms with E-state index in [1.54, 1.807) is 11.3 Å². The minimum Gasteiger partial charge on any atom is -0.356 e. The van der Waals surface area contributed by atoms with E-state index in [1.165, 1.54) is 5.01 Å². The lowest BCUT2D eigenvalue weighted by atomic mass is 10.0. The van der Waals surface area contributed by atoms with Crippen molar-refractivity contribution in [3.8, 4) is 0 Å². The Morgan fingerprint density at radius 1 is 1.56 bits per heavy atom. The Morgan fingerprint density at radius 3 is 2.89 bits per heavy atom. The highest BCUT2D eigenvalue weighted by molar-refractivity contribution is 7.09. The van der Waals surface area contributed by atoms with Crippen LogP contribution < -0.4 is 10.6 Å². The van der Waals surface area contributed by atoms with E-state index in [0.717, 1.165) is 44.6 Å². The number of hydrogen-bond donors (Lipinski definition) is 2. The van der Waals surface area contributed by atoms with E-state index in [2.05, 4.69) is 21.0 Å². The minimum absolute atomic E-state index is 0. The SMILES string of the molecule is Cc1csc(CCCCNC(=O)C2CNC2)n1.Cl. The minimum atomic E-state index is 0. The van der Waals surface area contributed by atoms with Gasteiger partial charge < -0.3 is 10.6 Å². The third kappa shape index (κ3) is 4.55. The summed E-state index contributed by atoms with van der Waals surface area (Å²) in [5, 5.41) is 9.37. The number of nitrogens with one attached hydrogen (secondary N) is 2. The first-order chi connectivity index (χ1) is 8.25. The average molecular weight is 290 g/mol. The molecule has 0 bridgehead atoms. The number of aryl methyl sites for hydroxylation is 2. The Kier molecular flexibility index (Phi) is 6.60. The highest BCUT2D eigenvalue weighted by Gasteiger charge is 2.23. The van der Waals surface area contributed by atoms with Crippen molar-refractivity contribution in [2.24, 2.45) is 5.92 Å². The second-order valence-electron chi connectivity index (χ2n) is 4.49. The van der Waals surface area contributed by atoms with E-state index in [-0.39, 0.29) is 24.2 Å². The number of rotatable bonds is 6. The molecule has 1 aromatic heterocycles. The van der Waals surface area contributed by atoms with Crippen molar-refractivity contribution in [1.29, 1.82) is 0 Å². The van der Waals surface area contributed by atoms with E-state index in [0.29, 0.717) is 0 Å². The Balaban J connectivity index is 0.00000162. The van der Waals surface area contributed by atoms with Gasteiger partial charge in [-0.05, 0) is 26.2 Å². The van der Waals surface area contributed by atoms with Crippen LogP contribution in [0, 0.1) is 12.8 Å². The van der Waals surface area contributed by atoms with Crippen LogP contribution in [0.2, 0.25) is 0 Å². The molecule has 0 aliphatic carbocycles. The number of nitrogens with zero attached hydrogens (tertiary/aromatic N) is 1. The van der Waals surface area contributed by atoms with Crippen LogP contribution in [0.5, 0.6) is 0 Å². The number of halogens is 1. The molecule has 4 nitrogen and oxygen atoms in total. The first-order valence-corrected chi connectivity index (χ1v) is 7.03.